The number of nitrogens with one attached hydrogen (secondary N) is 2. The van der Waals surface area contributed by atoms with E-state index in [9.17, 15) is 31.1 Å². The van der Waals surface area contributed by atoms with Gasteiger partial charge < -0.3 is 10.2 Å². The highest BCUT2D eigenvalue weighted by Gasteiger charge is 2.72. The standard InChI is InChI=1S/C6H4F6N2O3S/c7-5(8,9)3(16)1(18)4(17,6(10,11)12)14-2(15)13-3/h16-17H,(H2,13,14,15). The Morgan fingerprint density at radius 3 is 1.44 bits per heavy atom. The van der Waals surface area contributed by atoms with Gasteiger partial charge >= 0.3 is 18.4 Å². The first kappa shape index (κ1) is 14.9. The molecule has 5 nitrogen and oxygen atoms in total. The van der Waals surface area contributed by atoms with Crippen LogP contribution in [0.3, 0.4) is 0 Å². The lowest BCUT2D eigenvalue weighted by Gasteiger charge is -2.44. The molecule has 0 aromatic carbocycles. The van der Waals surface area contributed by atoms with E-state index in [1.54, 1.807) is 0 Å². The van der Waals surface area contributed by atoms with Crippen LogP contribution in [0.2, 0.25) is 0 Å². The number of carbonyl (C=O) groups is 1. The highest BCUT2D eigenvalue weighted by molar-refractivity contribution is 7.80. The van der Waals surface area contributed by atoms with E-state index >= 15 is 0 Å². The summed E-state index contributed by atoms with van der Waals surface area (Å²) in [6, 6.07) is -2.08. The Hall–Kier alpha value is -1.14. The molecule has 0 aliphatic carbocycles. The van der Waals surface area contributed by atoms with Gasteiger partial charge in [-0.3, -0.25) is 10.6 Å². The first-order valence-electron chi connectivity index (χ1n) is 3.99. The van der Waals surface area contributed by atoms with Crippen molar-refractivity contribution < 1.29 is 41.4 Å². The summed E-state index contributed by atoms with van der Waals surface area (Å²) in [5, 5.41) is 19.7. The van der Waals surface area contributed by atoms with Crippen LogP contribution >= 0.6 is 12.2 Å². The average Bonchev–Trinajstić information content (AvgIpc) is 2.10. The van der Waals surface area contributed by atoms with Gasteiger partial charge in [-0.05, 0) is 0 Å². The van der Waals surface area contributed by atoms with Gasteiger partial charge in [0.25, 0.3) is 11.4 Å². The lowest BCUT2D eigenvalue weighted by atomic mass is 9.96. The second-order valence-corrected chi connectivity index (χ2v) is 3.73. The van der Waals surface area contributed by atoms with Gasteiger partial charge in [0.05, 0.1) is 0 Å². The van der Waals surface area contributed by atoms with Crippen molar-refractivity contribution in [1.82, 2.24) is 10.6 Å². The highest BCUT2D eigenvalue weighted by Crippen LogP contribution is 2.40. The van der Waals surface area contributed by atoms with Crippen molar-refractivity contribution in [2.75, 3.05) is 0 Å². The molecular weight excluding hydrogens is 294 g/mol. The number of thiocarbonyl (C=S) groups is 1. The molecule has 4 N–H and O–H groups in total. The fourth-order valence-electron chi connectivity index (χ4n) is 1.13. The van der Waals surface area contributed by atoms with Crippen LogP contribution in [0.4, 0.5) is 31.1 Å². The predicted octanol–water partition coefficient (Wildman–Crippen LogP) is 0.171. The molecule has 1 aliphatic rings. The van der Waals surface area contributed by atoms with Gasteiger partial charge in [0.2, 0.25) is 0 Å². The maximum Gasteiger partial charge on any atom is 0.442 e. The second kappa shape index (κ2) is 3.68. The van der Waals surface area contributed by atoms with Crippen LogP contribution in [0.1, 0.15) is 0 Å². The molecule has 2 atom stereocenters. The summed E-state index contributed by atoms with van der Waals surface area (Å²) in [5.74, 6) is 0. The van der Waals surface area contributed by atoms with Crippen molar-refractivity contribution in [3.8, 4) is 0 Å². The van der Waals surface area contributed by atoms with Crippen LogP contribution in [0.15, 0.2) is 0 Å². The molecule has 2 amide bonds. The third-order valence-corrected chi connectivity index (χ3v) is 2.66. The Labute approximate surface area is 99.8 Å². The Morgan fingerprint density at radius 1 is 0.944 bits per heavy atom. The summed E-state index contributed by atoms with van der Waals surface area (Å²) in [6.45, 7) is 0. The monoisotopic (exact) mass is 298 g/mol. The molecule has 0 bridgehead atoms. The van der Waals surface area contributed by atoms with Gasteiger partial charge in [-0.15, -0.1) is 0 Å². The Kier molecular flexibility index (Phi) is 3.05. The van der Waals surface area contributed by atoms with Crippen LogP contribution in [-0.2, 0) is 0 Å². The maximum absolute atomic E-state index is 12.4. The van der Waals surface area contributed by atoms with E-state index in [1.807, 2.05) is 0 Å². The zero-order chi connectivity index (χ0) is 14.6. The van der Waals surface area contributed by atoms with E-state index in [-0.39, 0.29) is 0 Å². The molecule has 1 rings (SSSR count). The van der Waals surface area contributed by atoms with Gasteiger partial charge in [0.15, 0.2) is 0 Å². The third-order valence-electron chi connectivity index (χ3n) is 2.07. The first-order chi connectivity index (χ1) is 7.76. The van der Waals surface area contributed by atoms with E-state index < -0.39 is 34.7 Å². The van der Waals surface area contributed by atoms with Crippen LogP contribution in [-0.4, -0.2) is 44.9 Å². The van der Waals surface area contributed by atoms with E-state index in [2.05, 4.69) is 12.2 Å². The lowest BCUT2D eigenvalue weighted by molar-refractivity contribution is -0.270. The van der Waals surface area contributed by atoms with E-state index in [0.29, 0.717) is 0 Å². The molecule has 0 aromatic rings. The number of hydrogen-bond donors (Lipinski definition) is 4. The third kappa shape index (κ3) is 1.89. The van der Waals surface area contributed by atoms with Gasteiger partial charge in [0, 0.05) is 0 Å². The summed E-state index contributed by atoms with van der Waals surface area (Å²) in [6.07, 6.45) is -11.5. The Balaban J connectivity index is 3.38. The largest absolute Gasteiger partial charge is 0.442 e. The number of urea groups is 1. The number of amides is 2. The van der Waals surface area contributed by atoms with Crippen molar-refractivity contribution in [2.45, 2.75) is 23.8 Å². The van der Waals surface area contributed by atoms with Crippen molar-refractivity contribution in [1.29, 1.82) is 0 Å². The van der Waals surface area contributed by atoms with E-state index in [4.69, 9.17) is 10.2 Å². The quantitative estimate of drug-likeness (QED) is 0.380. The van der Waals surface area contributed by atoms with Crippen LogP contribution in [0.25, 0.3) is 0 Å². The fourth-order valence-corrected chi connectivity index (χ4v) is 1.47. The van der Waals surface area contributed by atoms with E-state index in [1.165, 1.54) is 0 Å². The molecule has 0 aromatic heterocycles. The van der Waals surface area contributed by atoms with Gasteiger partial charge in [-0.25, -0.2) is 4.79 Å². The molecule has 104 valence electrons. The molecule has 1 heterocycles. The molecule has 0 radical (unpaired) electrons. The molecule has 0 spiro atoms. The zero-order valence-electron chi connectivity index (χ0n) is 7.98. The number of halogens is 6. The predicted molar refractivity (Wildman–Crippen MR) is 46.3 cm³/mol. The van der Waals surface area contributed by atoms with Crippen molar-refractivity contribution in [2.24, 2.45) is 0 Å². The molecule has 12 heteroatoms. The normalized spacial score (nSPS) is 34.0. The Bertz CT molecular complexity index is 375. The fraction of sp³-hybridized carbons (Fsp3) is 0.667. The van der Waals surface area contributed by atoms with Gasteiger partial charge in [-0.1, -0.05) is 12.2 Å². The molecule has 1 aliphatic heterocycles. The molecule has 1 fully saturated rings. The number of rotatable bonds is 0. The summed E-state index contributed by atoms with van der Waals surface area (Å²) >= 11 is 3.81. The second-order valence-electron chi connectivity index (χ2n) is 3.32. The topological polar surface area (TPSA) is 81.6 Å². The van der Waals surface area contributed by atoms with E-state index in [0.717, 1.165) is 10.6 Å². The minimum Gasteiger partial charge on any atom is -0.359 e. The van der Waals surface area contributed by atoms with Gasteiger partial charge in [-0.2, -0.15) is 26.3 Å². The molecule has 0 saturated carbocycles. The SMILES string of the molecule is O=C1NC(O)(C(F)(F)F)C(=S)C(O)(C(F)(F)F)N1. The highest BCUT2D eigenvalue weighted by atomic mass is 32.1. The molecule has 2 unspecified atom stereocenters. The smallest absolute Gasteiger partial charge is 0.359 e. The van der Waals surface area contributed by atoms with Crippen LogP contribution in [0, 0.1) is 0 Å². The number of alkyl halides is 6. The molecule has 1 saturated heterocycles. The molecule has 18 heavy (non-hydrogen) atoms. The first-order valence-corrected chi connectivity index (χ1v) is 4.40. The van der Waals surface area contributed by atoms with Crippen LogP contribution < -0.4 is 10.6 Å². The maximum atomic E-state index is 12.4. The number of aliphatic hydroxyl groups is 2. The average molecular weight is 298 g/mol. The van der Waals surface area contributed by atoms with Crippen molar-refractivity contribution >= 4 is 23.1 Å². The van der Waals surface area contributed by atoms with Crippen LogP contribution in [0.5, 0.6) is 0 Å². The number of hydrogen-bond acceptors (Lipinski definition) is 4. The summed E-state index contributed by atoms with van der Waals surface area (Å²) in [5.41, 5.74) is -8.93. The summed E-state index contributed by atoms with van der Waals surface area (Å²) < 4.78 is 74.5. The Morgan fingerprint density at radius 2 is 1.22 bits per heavy atom. The van der Waals surface area contributed by atoms with Crippen molar-refractivity contribution in [3.05, 3.63) is 0 Å². The minimum absolute atomic E-state index is 0.789. The van der Waals surface area contributed by atoms with Gasteiger partial charge in [0.1, 0.15) is 4.86 Å². The zero-order valence-corrected chi connectivity index (χ0v) is 8.80. The molecular formula is C6H4F6N2O3S. The minimum atomic E-state index is -5.74. The summed E-state index contributed by atoms with van der Waals surface area (Å²) in [7, 11) is 0. The number of carbonyl (C=O) groups excluding carboxylic acids is 1. The lowest BCUT2D eigenvalue weighted by Crippen LogP contribution is -2.82. The summed E-state index contributed by atoms with van der Waals surface area (Å²) in [4.78, 5) is 8.46. The van der Waals surface area contributed by atoms with Crippen molar-refractivity contribution in [3.63, 3.8) is 0 Å².